The second-order valence-electron chi connectivity index (χ2n) is 6.15. The number of hydrogen-bond acceptors (Lipinski definition) is 3. The number of nitrogens with one attached hydrogen (secondary N) is 1. The van der Waals surface area contributed by atoms with Crippen molar-refractivity contribution in [3.05, 3.63) is 29.8 Å². The summed E-state index contributed by atoms with van der Waals surface area (Å²) in [5, 5.41) is 3.00. The third-order valence-corrected chi connectivity index (χ3v) is 4.17. The van der Waals surface area contributed by atoms with Crippen LogP contribution in [0.3, 0.4) is 0 Å². The van der Waals surface area contributed by atoms with Gasteiger partial charge in [-0.3, -0.25) is 9.69 Å². The Morgan fingerprint density at radius 2 is 1.91 bits per heavy atom. The van der Waals surface area contributed by atoms with E-state index in [2.05, 4.69) is 15.0 Å². The van der Waals surface area contributed by atoms with Crippen LogP contribution in [0.5, 0.6) is 5.75 Å². The Bertz CT molecular complexity index is 555. The van der Waals surface area contributed by atoms with E-state index in [4.69, 9.17) is 0 Å². The first-order chi connectivity index (χ1) is 10.9. The molecule has 0 spiro atoms. The van der Waals surface area contributed by atoms with E-state index >= 15 is 0 Å². The summed E-state index contributed by atoms with van der Waals surface area (Å²) in [6.07, 6.45) is -1.07. The van der Waals surface area contributed by atoms with Gasteiger partial charge in [-0.2, -0.15) is 0 Å². The van der Waals surface area contributed by atoms with Crippen LogP contribution in [0, 0.1) is 0 Å². The molecule has 1 aromatic rings. The largest absolute Gasteiger partial charge is 0.573 e. The van der Waals surface area contributed by atoms with Crippen molar-refractivity contribution >= 4 is 5.91 Å². The van der Waals surface area contributed by atoms with Crippen LogP contribution in [0.4, 0.5) is 13.2 Å². The minimum atomic E-state index is -4.70. The Balaban J connectivity index is 1.46. The molecule has 4 nitrogen and oxygen atoms in total. The van der Waals surface area contributed by atoms with Crippen molar-refractivity contribution in [1.82, 2.24) is 10.2 Å². The lowest BCUT2D eigenvalue weighted by atomic mass is 10.1. The van der Waals surface area contributed by atoms with Crippen molar-refractivity contribution in [3.8, 4) is 5.75 Å². The van der Waals surface area contributed by atoms with Gasteiger partial charge in [0.05, 0.1) is 6.42 Å². The lowest BCUT2D eigenvalue weighted by Crippen LogP contribution is -2.38. The smallest absolute Gasteiger partial charge is 0.406 e. The molecule has 3 rings (SSSR count). The van der Waals surface area contributed by atoms with E-state index in [-0.39, 0.29) is 24.1 Å². The molecule has 23 heavy (non-hydrogen) atoms. The number of rotatable bonds is 5. The summed E-state index contributed by atoms with van der Waals surface area (Å²) in [7, 11) is 0. The van der Waals surface area contributed by atoms with Gasteiger partial charge in [-0.05, 0) is 37.0 Å². The second-order valence-corrected chi connectivity index (χ2v) is 6.15. The average molecular weight is 328 g/mol. The number of ether oxygens (including phenoxy) is 1. The van der Waals surface area contributed by atoms with Gasteiger partial charge < -0.3 is 10.1 Å². The van der Waals surface area contributed by atoms with Gasteiger partial charge in [-0.15, -0.1) is 13.2 Å². The molecule has 1 aliphatic carbocycles. The molecule has 1 atom stereocenters. The Kier molecular flexibility index (Phi) is 4.48. The molecule has 1 saturated heterocycles. The van der Waals surface area contributed by atoms with Crippen LogP contribution in [0.2, 0.25) is 0 Å². The number of alkyl halides is 3. The van der Waals surface area contributed by atoms with Gasteiger partial charge in [-0.25, -0.2) is 0 Å². The summed E-state index contributed by atoms with van der Waals surface area (Å²) in [5.74, 6) is -0.380. The van der Waals surface area contributed by atoms with Crippen LogP contribution < -0.4 is 10.1 Å². The van der Waals surface area contributed by atoms with E-state index in [1.54, 1.807) is 0 Å². The predicted molar refractivity (Wildman–Crippen MR) is 78.0 cm³/mol. The molecule has 1 aliphatic heterocycles. The van der Waals surface area contributed by atoms with Crippen LogP contribution >= 0.6 is 0 Å². The maximum atomic E-state index is 12.1. The highest BCUT2D eigenvalue weighted by molar-refractivity contribution is 5.79. The van der Waals surface area contributed by atoms with Crippen LogP contribution in [0.1, 0.15) is 24.8 Å². The van der Waals surface area contributed by atoms with Gasteiger partial charge in [0.25, 0.3) is 0 Å². The maximum absolute atomic E-state index is 12.1. The number of benzene rings is 1. The van der Waals surface area contributed by atoms with E-state index in [0.29, 0.717) is 11.6 Å². The highest BCUT2D eigenvalue weighted by Crippen LogP contribution is 2.29. The van der Waals surface area contributed by atoms with Crippen molar-refractivity contribution in [2.24, 2.45) is 0 Å². The average Bonchev–Trinajstić information content (AvgIpc) is 3.20. The molecule has 2 fully saturated rings. The van der Waals surface area contributed by atoms with E-state index < -0.39 is 6.36 Å². The normalized spacial score (nSPS) is 22.1. The number of halogens is 3. The van der Waals surface area contributed by atoms with E-state index in [9.17, 15) is 18.0 Å². The molecule has 1 amide bonds. The molecule has 0 unspecified atom stereocenters. The molecule has 1 N–H and O–H groups in total. The topological polar surface area (TPSA) is 41.6 Å². The molecule has 0 bridgehead atoms. The predicted octanol–water partition coefficient (Wildman–Crippen LogP) is 2.48. The monoisotopic (exact) mass is 328 g/mol. The van der Waals surface area contributed by atoms with Crippen molar-refractivity contribution in [1.29, 1.82) is 0 Å². The van der Waals surface area contributed by atoms with Crippen LogP contribution in [0.25, 0.3) is 0 Å². The molecular weight excluding hydrogens is 309 g/mol. The third-order valence-electron chi connectivity index (χ3n) is 4.17. The first kappa shape index (κ1) is 16.1. The minimum absolute atomic E-state index is 0.0999. The number of nitrogens with zero attached hydrogens (tertiary/aromatic N) is 1. The molecule has 126 valence electrons. The number of carbonyl (C=O) groups is 1. The van der Waals surface area contributed by atoms with Crippen LogP contribution in [0.15, 0.2) is 24.3 Å². The van der Waals surface area contributed by atoms with Crippen LogP contribution in [-0.4, -0.2) is 42.3 Å². The molecule has 2 aliphatic rings. The highest BCUT2D eigenvalue weighted by atomic mass is 19.4. The summed E-state index contributed by atoms with van der Waals surface area (Å²) in [6, 6.07) is 6.28. The SMILES string of the molecule is O=C(Cc1ccc(OC(F)(F)F)cc1)N[C@H]1CCN(C2CC2)C1. The first-order valence-corrected chi connectivity index (χ1v) is 7.77. The zero-order valence-corrected chi connectivity index (χ0v) is 12.6. The summed E-state index contributed by atoms with van der Waals surface area (Å²) >= 11 is 0. The fourth-order valence-corrected chi connectivity index (χ4v) is 2.95. The van der Waals surface area contributed by atoms with Gasteiger partial charge in [0.2, 0.25) is 5.91 Å². The Hall–Kier alpha value is -1.76. The van der Waals surface area contributed by atoms with Crippen molar-refractivity contribution in [2.45, 2.75) is 44.1 Å². The van der Waals surface area contributed by atoms with Gasteiger partial charge in [0.1, 0.15) is 5.75 Å². The van der Waals surface area contributed by atoms with Crippen LogP contribution in [-0.2, 0) is 11.2 Å². The summed E-state index contributed by atoms with van der Waals surface area (Å²) in [5.41, 5.74) is 0.661. The van der Waals surface area contributed by atoms with Crippen molar-refractivity contribution < 1.29 is 22.7 Å². The lowest BCUT2D eigenvalue weighted by molar-refractivity contribution is -0.274. The number of likely N-dealkylation sites (tertiary alicyclic amines) is 1. The molecule has 0 aromatic heterocycles. The van der Waals surface area contributed by atoms with Crippen molar-refractivity contribution in [3.63, 3.8) is 0 Å². The third kappa shape index (κ3) is 4.86. The van der Waals surface area contributed by atoms with Gasteiger partial charge in [0, 0.05) is 25.2 Å². The molecule has 1 saturated carbocycles. The highest BCUT2D eigenvalue weighted by Gasteiger charge is 2.34. The Morgan fingerprint density at radius 3 is 2.52 bits per heavy atom. The second kappa shape index (κ2) is 6.39. The van der Waals surface area contributed by atoms with E-state index in [1.165, 1.54) is 37.1 Å². The van der Waals surface area contributed by atoms with Gasteiger partial charge in [-0.1, -0.05) is 12.1 Å². The molecule has 1 heterocycles. The number of carbonyl (C=O) groups excluding carboxylic acids is 1. The number of hydrogen-bond donors (Lipinski definition) is 1. The minimum Gasteiger partial charge on any atom is -0.406 e. The number of amides is 1. The zero-order valence-electron chi connectivity index (χ0n) is 12.6. The molecule has 1 aromatic carbocycles. The summed E-state index contributed by atoms with van der Waals surface area (Å²) < 4.78 is 40.0. The first-order valence-electron chi connectivity index (χ1n) is 7.77. The van der Waals surface area contributed by atoms with E-state index in [1.807, 2.05) is 0 Å². The standard InChI is InChI=1S/C16H19F3N2O2/c17-16(18,19)23-14-5-1-11(2-6-14)9-15(22)20-12-7-8-21(10-12)13-3-4-13/h1-2,5-6,12-13H,3-4,7-10H2,(H,20,22)/t12-/m0/s1. The summed E-state index contributed by atoms with van der Waals surface area (Å²) in [6.45, 7) is 1.92. The quantitative estimate of drug-likeness (QED) is 0.903. The fraction of sp³-hybridized carbons (Fsp3) is 0.562. The molecule has 0 radical (unpaired) electrons. The Labute approximate surface area is 132 Å². The van der Waals surface area contributed by atoms with Gasteiger partial charge in [0.15, 0.2) is 0 Å². The molecule has 7 heteroatoms. The van der Waals surface area contributed by atoms with Crippen molar-refractivity contribution in [2.75, 3.05) is 13.1 Å². The fourth-order valence-electron chi connectivity index (χ4n) is 2.95. The van der Waals surface area contributed by atoms with Gasteiger partial charge >= 0.3 is 6.36 Å². The lowest BCUT2D eigenvalue weighted by Gasteiger charge is -2.16. The molecular formula is C16H19F3N2O2. The Morgan fingerprint density at radius 1 is 1.22 bits per heavy atom. The zero-order chi connectivity index (χ0) is 16.4. The summed E-state index contributed by atoms with van der Waals surface area (Å²) in [4.78, 5) is 14.4. The van der Waals surface area contributed by atoms with E-state index in [0.717, 1.165) is 19.5 Å². The maximum Gasteiger partial charge on any atom is 0.573 e.